The normalized spacial score (nSPS) is 16.4. The summed E-state index contributed by atoms with van der Waals surface area (Å²) in [6.45, 7) is 0. The van der Waals surface area contributed by atoms with E-state index in [1.54, 1.807) is 23.3 Å². The summed E-state index contributed by atoms with van der Waals surface area (Å²) >= 11 is 0. The van der Waals surface area contributed by atoms with E-state index in [1.165, 1.54) is 19.3 Å². The second-order valence-corrected chi connectivity index (χ2v) is 4.62. The third-order valence-electron chi connectivity index (χ3n) is 3.18. The lowest BCUT2D eigenvalue weighted by Crippen LogP contribution is -2.21. The van der Waals surface area contributed by atoms with Crippen LogP contribution >= 0.6 is 0 Å². The molecule has 0 unspecified atom stereocenters. The third-order valence-corrected chi connectivity index (χ3v) is 3.18. The second-order valence-electron chi connectivity index (χ2n) is 4.62. The Bertz CT molecular complexity index is 535. The summed E-state index contributed by atoms with van der Waals surface area (Å²) in [7, 11) is 0. The lowest BCUT2D eigenvalue weighted by Gasteiger charge is -2.21. The maximum atomic E-state index is 5.80. The molecular weight excluding hydrogens is 244 g/mol. The van der Waals surface area contributed by atoms with E-state index in [0.29, 0.717) is 12.0 Å². The summed E-state index contributed by atoms with van der Waals surface area (Å²) < 4.78 is 7.47. The Labute approximate surface area is 110 Å². The molecule has 19 heavy (non-hydrogen) atoms. The molecule has 1 aliphatic rings. The lowest BCUT2D eigenvalue weighted by molar-refractivity contribution is 0.141. The van der Waals surface area contributed by atoms with Crippen LogP contribution in [0.5, 0.6) is 6.01 Å². The van der Waals surface area contributed by atoms with Crippen molar-refractivity contribution in [2.75, 3.05) is 5.73 Å². The van der Waals surface area contributed by atoms with Gasteiger partial charge in [-0.2, -0.15) is 15.0 Å². The van der Waals surface area contributed by atoms with Gasteiger partial charge in [-0.3, -0.25) is 4.57 Å². The lowest BCUT2D eigenvalue weighted by atomic mass is 9.98. The Morgan fingerprint density at radius 3 is 2.74 bits per heavy atom. The SMILES string of the molecule is Nc1nc(OC2CCCCC2)nc(-n2ccnc2)n1. The number of nitrogen functional groups attached to an aromatic ring is 1. The highest BCUT2D eigenvalue weighted by Crippen LogP contribution is 2.21. The number of anilines is 1. The van der Waals surface area contributed by atoms with Crippen molar-refractivity contribution in [3.05, 3.63) is 18.7 Å². The highest BCUT2D eigenvalue weighted by atomic mass is 16.5. The Morgan fingerprint density at radius 2 is 2.00 bits per heavy atom. The van der Waals surface area contributed by atoms with Gasteiger partial charge >= 0.3 is 6.01 Å². The average molecular weight is 260 g/mol. The van der Waals surface area contributed by atoms with E-state index in [-0.39, 0.29) is 12.1 Å². The number of ether oxygens (including phenoxy) is 1. The zero-order chi connectivity index (χ0) is 13.1. The molecule has 0 bridgehead atoms. The van der Waals surface area contributed by atoms with E-state index < -0.39 is 0 Å². The number of nitrogens with two attached hydrogens (primary N) is 1. The van der Waals surface area contributed by atoms with Crippen molar-refractivity contribution in [2.24, 2.45) is 0 Å². The first kappa shape index (κ1) is 11.9. The van der Waals surface area contributed by atoms with Gasteiger partial charge in [-0.25, -0.2) is 4.98 Å². The Hall–Kier alpha value is -2.18. The predicted octanol–water partition coefficient (Wildman–Crippen LogP) is 1.35. The van der Waals surface area contributed by atoms with Crippen LogP contribution in [0.2, 0.25) is 0 Å². The van der Waals surface area contributed by atoms with Crippen LogP contribution < -0.4 is 10.5 Å². The number of rotatable bonds is 3. The Morgan fingerprint density at radius 1 is 1.16 bits per heavy atom. The molecular formula is C12H16N6O. The van der Waals surface area contributed by atoms with Gasteiger partial charge in [-0.1, -0.05) is 6.42 Å². The smallest absolute Gasteiger partial charge is 0.323 e. The predicted molar refractivity (Wildman–Crippen MR) is 68.9 cm³/mol. The third kappa shape index (κ3) is 2.81. The van der Waals surface area contributed by atoms with Crippen LogP contribution in [0.15, 0.2) is 18.7 Å². The van der Waals surface area contributed by atoms with E-state index in [9.17, 15) is 0 Å². The summed E-state index contributed by atoms with van der Waals surface area (Å²) in [5.41, 5.74) is 5.69. The minimum absolute atomic E-state index is 0.157. The van der Waals surface area contributed by atoms with Crippen LogP contribution in [-0.2, 0) is 0 Å². The number of hydrogen-bond acceptors (Lipinski definition) is 6. The first-order chi connectivity index (χ1) is 9.31. The van der Waals surface area contributed by atoms with Crippen LogP contribution in [0.3, 0.4) is 0 Å². The molecule has 2 heterocycles. The quantitative estimate of drug-likeness (QED) is 0.895. The Kier molecular flexibility index (Phi) is 3.26. The van der Waals surface area contributed by atoms with Crippen molar-refractivity contribution in [1.29, 1.82) is 0 Å². The number of nitrogens with zero attached hydrogens (tertiary/aromatic N) is 5. The van der Waals surface area contributed by atoms with Crippen molar-refractivity contribution in [3.8, 4) is 12.0 Å². The second kappa shape index (κ2) is 5.21. The molecule has 3 rings (SSSR count). The average Bonchev–Trinajstić information content (AvgIpc) is 2.93. The van der Waals surface area contributed by atoms with Gasteiger partial charge in [0.25, 0.3) is 0 Å². The van der Waals surface area contributed by atoms with Crippen LogP contribution in [-0.4, -0.2) is 30.6 Å². The zero-order valence-corrected chi connectivity index (χ0v) is 10.6. The summed E-state index contributed by atoms with van der Waals surface area (Å²) in [5, 5.41) is 0. The van der Waals surface area contributed by atoms with Crippen LogP contribution in [0.4, 0.5) is 5.95 Å². The molecule has 0 aromatic carbocycles. The van der Waals surface area contributed by atoms with Gasteiger partial charge in [0.15, 0.2) is 0 Å². The fraction of sp³-hybridized carbons (Fsp3) is 0.500. The van der Waals surface area contributed by atoms with Crippen LogP contribution in [0.1, 0.15) is 32.1 Å². The van der Waals surface area contributed by atoms with Gasteiger partial charge in [-0.05, 0) is 25.7 Å². The summed E-state index contributed by atoms with van der Waals surface area (Å²) in [6, 6.07) is 0.295. The standard InChI is InChI=1S/C12H16N6O/c13-10-15-11(18-7-6-14-8-18)17-12(16-10)19-9-4-2-1-3-5-9/h6-9H,1-5H2,(H2,13,15,16,17). The van der Waals surface area contributed by atoms with Crippen molar-refractivity contribution < 1.29 is 4.74 Å². The number of hydrogen-bond donors (Lipinski definition) is 1. The molecule has 0 aliphatic heterocycles. The first-order valence-electron chi connectivity index (χ1n) is 6.48. The molecule has 1 aliphatic carbocycles. The molecule has 1 saturated carbocycles. The topological polar surface area (TPSA) is 91.7 Å². The van der Waals surface area contributed by atoms with Crippen LogP contribution in [0, 0.1) is 0 Å². The molecule has 2 N–H and O–H groups in total. The Balaban J connectivity index is 1.81. The van der Waals surface area contributed by atoms with Gasteiger partial charge in [0.1, 0.15) is 12.4 Å². The molecule has 0 atom stereocenters. The molecule has 1 fully saturated rings. The van der Waals surface area contributed by atoms with Gasteiger partial charge in [0, 0.05) is 12.4 Å². The maximum Gasteiger partial charge on any atom is 0.323 e. The molecule has 0 saturated heterocycles. The van der Waals surface area contributed by atoms with Gasteiger partial charge in [-0.15, -0.1) is 0 Å². The molecule has 0 radical (unpaired) electrons. The highest BCUT2D eigenvalue weighted by Gasteiger charge is 2.17. The molecule has 100 valence electrons. The molecule has 2 aromatic rings. The van der Waals surface area contributed by atoms with Crippen molar-refractivity contribution in [3.63, 3.8) is 0 Å². The summed E-state index contributed by atoms with van der Waals surface area (Å²) in [5.74, 6) is 0.584. The largest absolute Gasteiger partial charge is 0.460 e. The number of imidazole rings is 1. The fourth-order valence-electron chi connectivity index (χ4n) is 2.24. The monoisotopic (exact) mass is 260 g/mol. The van der Waals surface area contributed by atoms with E-state index in [4.69, 9.17) is 10.5 Å². The molecule has 7 nitrogen and oxygen atoms in total. The van der Waals surface area contributed by atoms with E-state index in [2.05, 4.69) is 19.9 Å². The van der Waals surface area contributed by atoms with Crippen molar-refractivity contribution in [1.82, 2.24) is 24.5 Å². The van der Waals surface area contributed by atoms with Crippen molar-refractivity contribution in [2.45, 2.75) is 38.2 Å². The van der Waals surface area contributed by atoms with Gasteiger partial charge in [0.2, 0.25) is 11.9 Å². The van der Waals surface area contributed by atoms with E-state index in [0.717, 1.165) is 12.8 Å². The van der Waals surface area contributed by atoms with E-state index in [1.807, 2.05) is 0 Å². The van der Waals surface area contributed by atoms with E-state index >= 15 is 0 Å². The zero-order valence-electron chi connectivity index (χ0n) is 10.6. The van der Waals surface area contributed by atoms with Crippen LogP contribution in [0.25, 0.3) is 5.95 Å². The molecule has 2 aromatic heterocycles. The minimum atomic E-state index is 0.157. The summed E-state index contributed by atoms with van der Waals surface area (Å²) in [6.07, 6.45) is 11.0. The van der Waals surface area contributed by atoms with Gasteiger partial charge in [0.05, 0.1) is 0 Å². The highest BCUT2D eigenvalue weighted by molar-refractivity contribution is 5.25. The molecule has 0 amide bonds. The summed E-state index contributed by atoms with van der Waals surface area (Å²) in [4.78, 5) is 16.3. The first-order valence-corrected chi connectivity index (χ1v) is 6.48. The fourth-order valence-corrected chi connectivity index (χ4v) is 2.24. The van der Waals surface area contributed by atoms with Gasteiger partial charge < -0.3 is 10.5 Å². The minimum Gasteiger partial charge on any atom is -0.460 e. The number of aromatic nitrogens is 5. The maximum absolute atomic E-state index is 5.80. The van der Waals surface area contributed by atoms with Crippen molar-refractivity contribution >= 4 is 5.95 Å². The molecule has 7 heteroatoms. The molecule has 0 spiro atoms.